The van der Waals surface area contributed by atoms with Crippen LogP contribution in [0.4, 0.5) is 5.82 Å². The first kappa shape index (κ1) is 16.5. The summed E-state index contributed by atoms with van der Waals surface area (Å²) in [5.74, 6) is 0.601. The second-order valence-electron chi connectivity index (χ2n) is 6.90. The van der Waals surface area contributed by atoms with Crippen LogP contribution in [0.5, 0.6) is 0 Å². The fourth-order valence-corrected chi connectivity index (χ4v) is 2.61. The van der Waals surface area contributed by atoms with Crippen LogP contribution in [0.25, 0.3) is 0 Å². The van der Waals surface area contributed by atoms with Gasteiger partial charge in [0.25, 0.3) is 0 Å². The SMILES string of the molecule is CC(C)(C)C(=O)NCCC(=O)Nc1ccnn1C1CCCC1. The van der Waals surface area contributed by atoms with Crippen LogP contribution >= 0.6 is 0 Å². The Morgan fingerprint density at radius 2 is 2.00 bits per heavy atom. The Morgan fingerprint density at radius 1 is 1.32 bits per heavy atom. The van der Waals surface area contributed by atoms with Crippen molar-refractivity contribution in [2.75, 3.05) is 11.9 Å². The highest BCUT2D eigenvalue weighted by Crippen LogP contribution is 2.31. The van der Waals surface area contributed by atoms with Crippen molar-refractivity contribution in [3.05, 3.63) is 12.3 Å². The molecule has 2 amide bonds. The van der Waals surface area contributed by atoms with Crippen molar-refractivity contribution in [3.63, 3.8) is 0 Å². The third-order valence-corrected chi connectivity index (χ3v) is 3.93. The summed E-state index contributed by atoms with van der Waals surface area (Å²) in [4.78, 5) is 23.7. The summed E-state index contributed by atoms with van der Waals surface area (Å²) < 4.78 is 1.92. The Labute approximate surface area is 131 Å². The fraction of sp³-hybridized carbons (Fsp3) is 0.688. The molecular formula is C16H26N4O2. The van der Waals surface area contributed by atoms with Crippen LogP contribution in [0.15, 0.2) is 12.3 Å². The number of amides is 2. The molecule has 0 saturated heterocycles. The van der Waals surface area contributed by atoms with Gasteiger partial charge in [-0.05, 0) is 12.8 Å². The van der Waals surface area contributed by atoms with Crippen molar-refractivity contribution in [2.45, 2.75) is 58.9 Å². The zero-order chi connectivity index (χ0) is 16.2. The van der Waals surface area contributed by atoms with Gasteiger partial charge in [-0.1, -0.05) is 33.6 Å². The van der Waals surface area contributed by atoms with Crippen LogP contribution in [-0.4, -0.2) is 28.1 Å². The lowest BCUT2D eigenvalue weighted by molar-refractivity contribution is -0.128. The highest BCUT2D eigenvalue weighted by Gasteiger charge is 2.22. The van der Waals surface area contributed by atoms with E-state index >= 15 is 0 Å². The van der Waals surface area contributed by atoms with Crippen LogP contribution in [0.1, 0.15) is 58.9 Å². The lowest BCUT2D eigenvalue weighted by atomic mass is 9.96. The molecule has 1 aromatic heterocycles. The van der Waals surface area contributed by atoms with E-state index in [-0.39, 0.29) is 18.2 Å². The predicted molar refractivity (Wildman–Crippen MR) is 85.4 cm³/mol. The number of carbonyl (C=O) groups excluding carboxylic acids is 2. The highest BCUT2D eigenvalue weighted by atomic mass is 16.2. The van der Waals surface area contributed by atoms with Gasteiger partial charge in [0.2, 0.25) is 11.8 Å². The van der Waals surface area contributed by atoms with Crippen molar-refractivity contribution in [1.29, 1.82) is 0 Å². The van der Waals surface area contributed by atoms with Crippen LogP contribution in [0, 0.1) is 5.41 Å². The van der Waals surface area contributed by atoms with E-state index in [2.05, 4.69) is 15.7 Å². The summed E-state index contributed by atoms with van der Waals surface area (Å²) in [6.45, 7) is 5.90. The normalized spacial score (nSPS) is 15.8. The van der Waals surface area contributed by atoms with Gasteiger partial charge in [0, 0.05) is 24.4 Å². The Kier molecular flexibility index (Phi) is 5.21. The first-order chi connectivity index (χ1) is 10.4. The molecule has 1 aliphatic rings. The van der Waals surface area contributed by atoms with Crippen molar-refractivity contribution in [3.8, 4) is 0 Å². The lowest BCUT2D eigenvalue weighted by Gasteiger charge is -2.17. The minimum atomic E-state index is -0.433. The molecule has 0 atom stereocenters. The summed E-state index contributed by atoms with van der Waals surface area (Å²) in [5, 5.41) is 10.00. The van der Waals surface area contributed by atoms with E-state index in [1.54, 1.807) is 6.20 Å². The van der Waals surface area contributed by atoms with Gasteiger partial charge >= 0.3 is 0 Å². The minimum absolute atomic E-state index is 0.0451. The van der Waals surface area contributed by atoms with Gasteiger partial charge in [0.1, 0.15) is 5.82 Å². The van der Waals surface area contributed by atoms with E-state index in [4.69, 9.17) is 0 Å². The molecule has 6 nitrogen and oxygen atoms in total. The molecule has 6 heteroatoms. The number of anilines is 1. The molecule has 0 unspecified atom stereocenters. The van der Waals surface area contributed by atoms with Crippen molar-refractivity contribution < 1.29 is 9.59 Å². The molecule has 1 aliphatic carbocycles. The topological polar surface area (TPSA) is 76.0 Å². The van der Waals surface area contributed by atoms with Gasteiger partial charge in [0.05, 0.1) is 12.2 Å². The molecule has 22 heavy (non-hydrogen) atoms. The maximum Gasteiger partial charge on any atom is 0.227 e. The third-order valence-electron chi connectivity index (χ3n) is 3.93. The number of hydrogen-bond donors (Lipinski definition) is 2. The molecule has 0 aromatic carbocycles. The van der Waals surface area contributed by atoms with E-state index in [0.29, 0.717) is 12.6 Å². The summed E-state index contributed by atoms with van der Waals surface area (Å²) in [5.41, 5.74) is -0.433. The highest BCUT2D eigenvalue weighted by molar-refractivity contribution is 5.90. The molecule has 0 radical (unpaired) electrons. The predicted octanol–water partition coefficient (Wildman–Crippen LogP) is 2.49. The van der Waals surface area contributed by atoms with Crippen LogP contribution in [-0.2, 0) is 9.59 Å². The Balaban J connectivity index is 1.80. The monoisotopic (exact) mass is 306 g/mol. The first-order valence-electron chi connectivity index (χ1n) is 7.99. The molecule has 2 rings (SSSR count). The quantitative estimate of drug-likeness (QED) is 0.877. The number of carbonyl (C=O) groups is 2. The van der Waals surface area contributed by atoms with Crippen LogP contribution in [0.3, 0.4) is 0 Å². The molecule has 122 valence electrons. The van der Waals surface area contributed by atoms with Crippen LogP contribution in [0.2, 0.25) is 0 Å². The van der Waals surface area contributed by atoms with Crippen LogP contribution < -0.4 is 10.6 Å². The summed E-state index contributed by atoms with van der Waals surface area (Å²) in [7, 11) is 0. The van der Waals surface area contributed by atoms with Gasteiger partial charge in [-0.3, -0.25) is 9.59 Å². The van der Waals surface area contributed by atoms with E-state index in [0.717, 1.165) is 18.7 Å². The number of aromatic nitrogens is 2. The number of nitrogens with zero attached hydrogens (tertiary/aromatic N) is 2. The van der Waals surface area contributed by atoms with E-state index in [1.165, 1.54) is 12.8 Å². The molecular weight excluding hydrogens is 280 g/mol. The fourth-order valence-electron chi connectivity index (χ4n) is 2.61. The Bertz CT molecular complexity index is 524. The smallest absolute Gasteiger partial charge is 0.227 e. The van der Waals surface area contributed by atoms with E-state index in [1.807, 2.05) is 31.5 Å². The van der Waals surface area contributed by atoms with E-state index < -0.39 is 5.41 Å². The third kappa shape index (κ3) is 4.32. The molecule has 1 fully saturated rings. The summed E-state index contributed by atoms with van der Waals surface area (Å²) in [6, 6.07) is 2.22. The van der Waals surface area contributed by atoms with Gasteiger partial charge < -0.3 is 10.6 Å². The Hall–Kier alpha value is -1.85. The second kappa shape index (κ2) is 6.94. The largest absolute Gasteiger partial charge is 0.355 e. The molecule has 0 aliphatic heterocycles. The lowest BCUT2D eigenvalue weighted by Crippen LogP contribution is -2.36. The zero-order valence-electron chi connectivity index (χ0n) is 13.7. The van der Waals surface area contributed by atoms with Gasteiger partial charge in [0.15, 0.2) is 0 Å². The maximum absolute atomic E-state index is 12.0. The maximum atomic E-state index is 12.0. The van der Waals surface area contributed by atoms with Crippen molar-refractivity contribution in [1.82, 2.24) is 15.1 Å². The van der Waals surface area contributed by atoms with Gasteiger partial charge in [-0.25, -0.2) is 4.68 Å². The van der Waals surface area contributed by atoms with Gasteiger partial charge in [-0.2, -0.15) is 5.10 Å². The first-order valence-corrected chi connectivity index (χ1v) is 7.99. The molecule has 1 aromatic rings. The average molecular weight is 306 g/mol. The van der Waals surface area contributed by atoms with Crippen molar-refractivity contribution in [2.24, 2.45) is 5.41 Å². The van der Waals surface area contributed by atoms with Gasteiger partial charge in [-0.15, -0.1) is 0 Å². The molecule has 1 saturated carbocycles. The zero-order valence-corrected chi connectivity index (χ0v) is 13.7. The van der Waals surface area contributed by atoms with Crippen molar-refractivity contribution >= 4 is 17.6 Å². The average Bonchev–Trinajstić information content (AvgIpc) is 3.07. The molecule has 1 heterocycles. The molecule has 0 bridgehead atoms. The molecule has 2 N–H and O–H groups in total. The summed E-state index contributed by atoms with van der Waals surface area (Å²) >= 11 is 0. The Morgan fingerprint density at radius 3 is 2.64 bits per heavy atom. The molecule has 0 spiro atoms. The summed E-state index contributed by atoms with van der Waals surface area (Å²) in [6.07, 6.45) is 6.65. The number of nitrogens with one attached hydrogen (secondary N) is 2. The number of hydrogen-bond acceptors (Lipinski definition) is 3. The van der Waals surface area contributed by atoms with E-state index in [9.17, 15) is 9.59 Å². The standard InChI is InChI=1S/C16H26N4O2/c1-16(2,3)15(22)17-10-9-14(21)19-13-8-11-18-20(13)12-6-4-5-7-12/h8,11-12H,4-7,9-10H2,1-3H3,(H,17,22)(H,19,21). The minimum Gasteiger partial charge on any atom is -0.355 e. The second-order valence-corrected chi connectivity index (χ2v) is 6.90. The number of rotatable bonds is 5.